The van der Waals surface area contributed by atoms with Crippen LogP contribution in [-0.2, 0) is 6.54 Å². The standard InChI is InChI=1S/C13H10Cl2IN/c14-12-6-5-11(7-13(12)15)17-8-9-1-3-10(16)4-2-9/h1-7,17H,8H2. The van der Waals surface area contributed by atoms with Gasteiger partial charge in [-0.3, -0.25) is 0 Å². The van der Waals surface area contributed by atoms with Crippen molar-refractivity contribution in [2.45, 2.75) is 6.54 Å². The van der Waals surface area contributed by atoms with E-state index in [4.69, 9.17) is 23.2 Å². The zero-order chi connectivity index (χ0) is 12.3. The molecule has 2 aromatic rings. The molecule has 2 aromatic carbocycles. The number of anilines is 1. The summed E-state index contributed by atoms with van der Waals surface area (Å²) >= 11 is 14.1. The van der Waals surface area contributed by atoms with Gasteiger partial charge in [0, 0.05) is 15.8 Å². The molecule has 2 rings (SSSR count). The number of nitrogens with one attached hydrogen (secondary N) is 1. The molecule has 0 aliphatic carbocycles. The van der Waals surface area contributed by atoms with Crippen molar-refractivity contribution in [2.24, 2.45) is 0 Å². The fourth-order valence-corrected chi connectivity index (χ4v) is 2.07. The molecule has 0 spiro atoms. The molecule has 17 heavy (non-hydrogen) atoms. The average Bonchev–Trinajstić information content (AvgIpc) is 2.33. The molecule has 4 heteroatoms. The predicted molar refractivity (Wildman–Crippen MR) is 82.9 cm³/mol. The quantitative estimate of drug-likeness (QED) is 0.724. The van der Waals surface area contributed by atoms with Gasteiger partial charge in [0.15, 0.2) is 0 Å². The minimum absolute atomic E-state index is 0.569. The molecule has 0 radical (unpaired) electrons. The molecule has 0 unspecified atom stereocenters. The van der Waals surface area contributed by atoms with Gasteiger partial charge in [-0.1, -0.05) is 35.3 Å². The third-order valence-corrected chi connectivity index (χ3v) is 3.79. The van der Waals surface area contributed by atoms with Gasteiger partial charge in [0.1, 0.15) is 0 Å². The Morgan fingerprint density at radius 3 is 2.29 bits per heavy atom. The number of hydrogen-bond donors (Lipinski definition) is 1. The minimum Gasteiger partial charge on any atom is -0.381 e. The van der Waals surface area contributed by atoms with Crippen LogP contribution in [0.4, 0.5) is 5.69 Å². The lowest BCUT2D eigenvalue weighted by molar-refractivity contribution is 1.15. The average molecular weight is 378 g/mol. The van der Waals surface area contributed by atoms with Crippen molar-refractivity contribution in [2.75, 3.05) is 5.32 Å². The first kappa shape index (κ1) is 13.0. The van der Waals surface area contributed by atoms with E-state index in [1.807, 2.05) is 12.1 Å². The molecule has 0 heterocycles. The normalized spacial score (nSPS) is 10.3. The highest BCUT2D eigenvalue weighted by Gasteiger charge is 1.99. The van der Waals surface area contributed by atoms with Crippen molar-refractivity contribution in [1.82, 2.24) is 0 Å². The van der Waals surface area contributed by atoms with E-state index in [1.165, 1.54) is 9.13 Å². The van der Waals surface area contributed by atoms with E-state index >= 15 is 0 Å². The van der Waals surface area contributed by atoms with Crippen LogP contribution in [0.15, 0.2) is 42.5 Å². The Morgan fingerprint density at radius 1 is 0.941 bits per heavy atom. The second-order valence-corrected chi connectivity index (χ2v) is 5.67. The Bertz CT molecular complexity index is 511. The van der Waals surface area contributed by atoms with Crippen LogP contribution in [0.5, 0.6) is 0 Å². The SMILES string of the molecule is Clc1ccc(NCc2ccc(I)cc2)cc1Cl. The van der Waals surface area contributed by atoms with Crippen LogP contribution in [0.1, 0.15) is 5.56 Å². The smallest absolute Gasteiger partial charge is 0.0612 e. The van der Waals surface area contributed by atoms with E-state index in [2.05, 4.69) is 52.2 Å². The highest BCUT2D eigenvalue weighted by Crippen LogP contribution is 2.25. The summed E-state index contributed by atoms with van der Waals surface area (Å²) in [5, 5.41) is 4.45. The molecule has 0 bridgehead atoms. The van der Waals surface area contributed by atoms with E-state index in [0.29, 0.717) is 10.0 Å². The summed E-state index contributed by atoms with van der Waals surface area (Å²) in [6.45, 7) is 0.773. The molecule has 88 valence electrons. The van der Waals surface area contributed by atoms with Crippen LogP contribution in [0, 0.1) is 3.57 Å². The van der Waals surface area contributed by atoms with Gasteiger partial charge in [-0.15, -0.1) is 0 Å². The molecule has 0 aromatic heterocycles. The lowest BCUT2D eigenvalue weighted by Crippen LogP contribution is -1.99. The Kier molecular flexibility index (Phi) is 4.54. The first-order valence-electron chi connectivity index (χ1n) is 5.08. The molecule has 1 N–H and O–H groups in total. The van der Waals surface area contributed by atoms with Crippen LogP contribution in [-0.4, -0.2) is 0 Å². The van der Waals surface area contributed by atoms with Gasteiger partial charge in [-0.05, 0) is 58.5 Å². The third-order valence-electron chi connectivity index (χ3n) is 2.33. The zero-order valence-electron chi connectivity index (χ0n) is 8.88. The lowest BCUT2D eigenvalue weighted by Gasteiger charge is -2.07. The van der Waals surface area contributed by atoms with Crippen molar-refractivity contribution < 1.29 is 0 Å². The fraction of sp³-hybridized carbons (Fsp3) is 0.0769. The molecule has 1 nitrogen and oxygen atoms in total. The topological polar surface area (TPSA) is 12.0 Å². The van der Waals surface area contributed by atoms with Gasteiger partial charge in [0.05, 0.1) is 10.0 Å². The van der Waals surface area contributed by atoms with Crippen molar-refractivity contribution in [3.05, 3.63) is 61.6 Å². The summed E-state index contributed by atoms with van der Waals surface area (Å²) in [5.41, 5.74) is 2.20. The summed E-state index contributed by atoms with van der Waals surface area (Å²) in [4.78, 5) is 0. The molecule has 0 saturated carbocycles. The predicted octanol–water partition coefficient (Wildman–Crippen LogP) is 5.21. The second-order valence-electron chi connectivity index (χ2n) is 3.61. The highest BCUT2D eigenvalue weighted by molar-refractivity contribution is 14.1. The monoisotopic (exact) mass is 377 g/mol. The minimum atomic E-state index is 0.569. The van der Waals surface area contributed by atoms with E-state index in [1.54, 1.807) is 6.07 Å². The van der Waals surface area contributed by atoms with Crippen molar-refractivity contribution in [3.63, 3.8) is 0 Å². The second kappa shape index (κ2) is 5.94. The number of rotatable bonds is 3. The van der Waals surface area contributed by atoms with Gasteiger partial charge in [-0.2, -0.15) is 0 Å². The summed E-state index contributed by atoms with van der Waals surface area (Å²) in [5.74, 6) is 0. The third kappa shape index (κ3) is 3.76. The molecular weight excluding hydrogens is 368 g/mol. The molecule has 0 aliphatic rings. The van der Waals surface area contributed by atoms with E-state index in [0.717, 1.165) is 12.2 Å². The van der Waals surface area contributed by atoms with Crippen molar-refractivity contribution >= 4 is 51.5 Å². The maximum atomic E-state index is 5.94. The summed E-state index contributed by atoms with van der Waals surface area (Å²) < 4.78 is 1.24. The van der Waals surface area contributed by atoms with E-state index in [9.17, 15) is 0 Å². The molecular formula is C13H10Cl2IN. The summed E-state index contributed by atoms with van der Waals surface area (Å²) in [6.07, 6.45) is 0. The van der Waals surface area contributed by atoms with Gasteiger partial charge < -0.3 is 5.32 Å². The van der Waals surface area contributed by atoms with Crippen molar-refractivity contribution in [3.8, 4) is 0 Å². The zero-order valence-corrected chi connectivity index (χ0v) is 12.6. The Labute approximate surface area is 124 Å². The molecule has 0 aliphatic heterocycles. The maximum absolute atomic E-state index is 5.94. The number of hydrogen-bond acceptors (Lipinski definition) is 1. The van der Waals surface area contributed by atoms with Crippen LogP contribution < -0.4 is 5.32 Å². The van der Waals surface area contributed by atoms with Crippen LogP contribution >= 0.6 is 45.8 Å². The highest BCUT2D eigenvalue weighted by atomic mass is 127. The Morgan fingerprint density at radius 2 is 1.65 bits per heavy atom. The molecule has 0 amide bonds. The fourth-order valence-electron chi connectivity index (χ4n) is 1.41. The largest absolute Gasteiger partial charge is 0.381 e. The first-order valence-corrected chi connectivity index (χ1v) is 6.92. The molecule has 0 atom stereocenters. The van der Waals surface area contributed by atoms with Gasteiger partial charge in [0.25, 0.3) is 0 Å². The first-order chi connectivity index (χ1) is 8.15. The van der Waals surface area contributed by atoms with E-state index < -0.39 is 0 Å². The number of benzene rings is 2. The lowest BCUT2D eigenvalue weighted by atomic mass is 10.2. The Hall–Kier alpha value is -0.450. The molecule has 0 saturated heterocycles. The van der Waals surface area contributed by atoms with E-state index in [-0.39, 0.29) is 0 Å². The number of halogens is 3. The summed E-state index contributed by atoms with van der Waals surface area (Å²) in [7, 11) is 0. The van der Waals surface area contributed by atoms with Crippen LogP contribution in [0.25, 0.3) is 0 Å². The van der Waals surface area contributed by atoms with Crippen molar-refractivity contribution in [1.29, 1.82) is 0 Å². The van der Waals surface area contributed by atoms with Crippen LogP contribution in [0.3, 0.4) is 0 Å². The molecule has 0 fully saturated rings. The van der Waals surface area contributed by atoms with Crippen LogP contribution in [0.2, 0.25) is 10.0 Å². The summed E-state index contributed by atoms with van der Waals surface area (Å²) in [6, 6.07) is 13.9. The van der Waals surface area contributed by atoms with Gasteiger partial charge in [0.2, 0.25) is 0 Å². The van der Waals surface area contributed by atoms with Gasteiger partial charge >= 0.3 is 0 Å². The Balaban J connectivity index is 2.02. The van der Waals surface area contributed by atoms with Gasteiger partial charge in [-0.25, -0.2) is 0 Å². The maximum Gasteiger partial charge on any atom is 0.0612 e.